The number of halogens is 1. The summed E-state index contributed by atoms with van der Waals surface area (Å²) in [5.74, 6) is -0.0354. The van der Waals surface area contributed by atoms with E-state index < -0.39 is 0 Å². The third kappa shape index (κ3) is 2.67. The predicted octanol–water partition coefficient (Wildman–Crippen LogP) is 3.22. The van der Waals surface area contributed by atoms with Crippen LogP contribution in [0.4, 0.5) is 4.39 Å². The highest BCUT2D eigenvalue weighted by atomic mass is 19.1. The van der Waals surface area contributed by atoms with Crippen LogP contribution in [0.25, 0.3) is 5.57 Å². The van der Waals surface area contributed by atoms with Crippen LogP contribution in [0, 0.1) is 16.6 Å². The normalized spacial score (nSPS) is 24.5. The third-order valence-electron chi connectivity index (χ3n) is 5.86. The van der Waals surface area contributed by atoms with Crippen LogP contribution < -0.4 is 5.32 Å². The Morgan fingerprint density at radius 1 is 1.17 bits per heavy atom. The van der Waals surface area contributed by atoms with Crippen molar-refractivity contribution < 1.29 is 9.18 Å². The molecule has 1 spiro atoms. The molecule has 3 aliphatic rings. The summed E-state index contributed by atoms with van der Waals surface area (Å²) in [6.07, 6.45) is 2.72. The number of nitrogens with zero attached hydrogens (tertiary/aromatic N) is 1. The van der Waals surface area contributed by atoms with Crippen LogP contribution in [0.1, 0.15) is 38.7 Å². The van der Waals surface area contributed by atoms with E-state index in [1.165, 1.54) is 12.1 Å². The molecule has 1 amide bonds. The zero-order chi connectivity index (χ0) is 16.9. The lowest BCUT2D eigenvalue weighted by atomic mass is 9.70. The highest BCUT2D eigenvalue weighted by molar-refractivity contribution is 6.02. The van der Waals surface area contributed by atoms with Gasteiger partial charge in [-0.15, -0.1) is 0 Å². The number of carbonyl (C=O) groups is 1. The molecular weight excluding hydrogens is 303 g/mol. The number of allylic oxidation sites excluding steroid dienone is 1. The maximum Gasteiger partial charge on any atom is 0.250 e. The second-order valence-corrected chi connectivity index (χ2v) is 8.57. The van der Waals surface area contributed by atoms with Gasteiger partial charge in [0, 0.05) is 37.2 Å². The molecule has 0 aromatic heterocycles. The maximum absolute atomic E-state index is 13.3. The zero-order valence-corrected chi connectivity index (χ0v) is 14.5. The van der Waals surface area contributed by atoms with Gasteiger partial charge in [-0.2, -0.15) is 0 Å². The fourth-order valence-electron chi connectivity index (χ4n) is 4.25. The van der Waals surface area contributed by atoms with Gasteiger partial charge in [0.2, 0.25) is 5.91 Å². The van der Waals surface area contributed by atoms with Gasteiger partial charge in [0.15, 0.2) is 0 Å². The number of hydrogen-bond acceptors (Lipinski definition) is 2. The van der Waals surface area contributed by atoms with Crippen LogP contribution in [0.5, 0.6) is 0 Å². The zero-order valence-electron chi connectivity index (χ0n) is 14.5. The van der Waals surface area contributed by atoms with E-state index in [1.807, 2.05) is 17.0 Å². The summed E-state index contributed by atoms with van der Waals surface area (Å²) in [4.78, 5) is 15.0. The Morgan fingerprint density at radius 2 is 1.83 bits per heavy atom. The van der Waals surface area contributed by atoms with Gasteiger partial charge >= 0.3 is 0 Å². The molecule has 128 valence electrons. The van der Waals surface area contributed by atoms with Crippen molar-refractivity contribution in [2.45, 2.75) is 33.1 Å². The minimum absolute atomic E-state index is 0.182. The molecule has 2 aliphatic heterocycles. The smallest absolute Gasteiger partial charge is 0.250 e. The molecule has 0 saturated carbocycles. The molecule has 2 heterocycles. The summed E-state index contributed by atoms with van der Waals surface area (Å²) < 4.78 is 13.3. The summed E-state index contributed by atoms with van der Waals surface area (Å²) in [6, 6.07) is 6.61. The Bertz CT molecular complexity index is 693. The van der Waals surface area contributed by atoms with Crippen molar-refractivity contribution in [3.05, 3.63) is 41.2 Å². The van der Waals surface area contributed by atoms with E-state index in [0.717, 1.165) is 62.2 Å². The van der Waals surface area contributed by atoms with Crippen LogP contribution in [-0.2, 0) is 4.79 Å². The number of rotatable bonds is 2. The van der Waals surface area contributed by atoms with Crippen LogP contribution in [0.2, 0.25) is 0 Å². The molecule has 0 radical (unpaired) electrons. The summed E-state index contributed by atoms with van der Waals surface area (Å²) in [5.41, 5.74) is 3.59. The molecule has 1 N–H and O–H groups in total. The van der Waals surface area contributed by atoms with Gasteiger partial charge in [-0.3, -0.25) is 4.79 Å². The third-order valence-corrected chi connectivity index (χ3v) is 5.86. The largest absolute Gasteiger partial charge is 0.337 e. The first-order valence-corrected chi connectivity index (χ1v) is 8.86. The molecule has 4 heteroatoms. The standard InChI is InChI=1S/C20H25FN2O/c1-19(2)8-7-16(17(9-19)14-3-5-15(21)6-4-14)18(24)23-12-20(13-23)10-22-11-20/h3-6,22H,7-13H2,1-2H3. The van der Waals surface area contributed by atoms with Crippen LogP contribution >= 0.6 is 0 Å². The molecule has 0 bridgehead atoms. The topological polar surface area (TPSA) is 32.3 Å². The molecule has 4 rings (SSSR count). The highest BCUT2D eigenvalue weighted by Crippen LogP contribution is 2.44. The summed E-state index contributed by atoms with van der Waals surface area (Å²) in [6.45, 7) is 8.32. The number of amides is 1. The fraction of sp³-hybridized carbons (Fsp3) is 0.550. The van der Waals surface area contributed by atoms with Gasteiger partial charge in [0.1, 0.15) is 5.82 Å². The average molecular weight is 328 g/mol. The first kappa shape index (κ1) is 15.8. The van der Waals surface area contributed by atoms with E-state index in [2.05, 4.69) is 19.2 Å². The Labute approximate surface area is 142 Å². The Morgan fingerprint density at radius 3 is 2.42 bits per heavy atom. The van der Waals surface area contributed by atoms with Crippen LogP contribution in [0.15, 0.2) is 29.8 Å². The van der Waals surface area contributed by atoms with Crippen molar-refractivity contribution in [1.82, 2.24) is 10.2 Å². The van der Waals surface area contributed by atoms with Gasteiger partial charge in [-0.1, -0.05) is 26.0 Å². The Kier molecular flexibility index (Phi) is 3.57. The first-order valence-electron chi connectivity index (χ1n) is 8.86. The molecule has 1 aromatic carbocycles. The quantitative estimate of drug-likeness (QED) is 0.904. The van der Waals surface area contributed by atoms with Crippen molar-refractivity contribution >= 4 is 11.5 Å². The van der Waals surface area contributed by atoms with Crippen molar-refractivity contribution in [2.24, 2.45) is 10.8 Å². The van der Waals surface area contributed by atoms with Gasteiger partial charge in [-0.05, 0) is 47.9 Å². The SMILES string of the molecule is CC1(C)CCC(C(=O)N2CC3(CNC3)C2)=C(c2ccc(F)cc2)C1. The summed E-state index contributed by atoms with van der Waals surface area (Å²) in [7, 11) is 0. The predicted molar refractivity (Wildman–Crippen MR) is 92.8 cm³/mol. The molecule has 3 nitrogen and oxygen atoms in total. The van der Waals surface area contributed by atoms with Crippen LogP contribution in [-0.4, -0.2) is 37.0 Å². The molecule has 24 heavy (non-hydrogen) atoms. The molecule has 0 unspecified atom stereocenters. The van der Waals surface area contributed by atoms with Crippen molar-refractivity contribution in [1.29, 1.82) is 0 Å². The van der Waals surface area contributed by atoms with E-state index in [-0.39, 0.29) is 17.1 Å². The van der Waals surface area contributed by atoms with E-state index in [9.17, 15) is 9.18 Å². The number of benzene rings is 1. The maximum atomic E-state index is 13.3. The first-order chi connectivity index (χ1) is 11.4. The van der Waals surface area contributed by atoms with E-state index in [1.54, 1.807) is 0 Å². The van der Waals surface area contributed by atoms with Crippen molar-refractivity contribution in [3.8, 4) is 0 Å². The second-order valence-electron chi connectivity index (χ2n) is 8.57. The van der Waals surface area contributed by atoms with Crippen molar-refractivity contribution in [2.75, 3.05) is 26.2 Å². The van der Waals surface area contributed by atoms with Gasteiger partial charge < -0.3 is 10.2 Å². The summed E-state index contributed by atoms with van der Waals surface area (Å²) in [5, 5.41) is 3.31. The number of likely N-dealkylation sites (tertiary alicyclic amines) is 1. The summed E-state index contributed by atoms with van der Waals surface area (Å²) >= 11 is 0. The minimum Gasteiger partial charge on any atom is -0.337 e. The minimum atomic E-state index is -0.232. The van der Waals surface area contributed by atoms with E-state index >= 15 is 0 Å². The van der Waals surface area contributed by atoms with E-state index in [0.29, 0.717) is 5.41 Å². The molecule has 1 aliphatic carbocycles. The average Bonchev–Trinajstić information content (AvgIpc) is 2.44. The van der Waals surface area contributed by atoms with E-state index in [4.69, 9.17) is 0 Å². The Balaban J connectivity index is 1.63. The number of nitrogens with one attached hydrogen (secondary N) is 1. The second kappa shape index (κ2) is 5.41. The molecule has 2 fully saturated rings. The molecular formula is C20H25FN2O. The monoisotopic (exact) mass is 328 g/mol. The lowest BCUT2D eigenvalue weighted by Crippen LogP contribution is -2.72. The molecule has 2 saturated heterocycles. The lowest BCUT2D eigenvalue weighted by molar-refractivity contribution is -0.142. The Hall–Kier alpha value is -1.68. The molecule has 1 aromatic rings. The fourth-order valence-corrected chi connectivity index (χ4v) is 4.25. The lowest BCUT2D eigenvalue weighted by Gasteiger charge is -2.56. The van der Waals surface area contributed by atoms with Gasteiger partial charge in [0.25, 0.3) is 0 Å². The van der Waals surface area contributed by atoms with Crippen LogP contribution in [0.3, 0.4) is 0 Å². The van der Waals surface area contributed by atoms with Gasteiger partial charge in [0.05, 0.1) is 0 Å². The highest BCUT2D eigenvalue weighted by Gasteiger charge is 2.50. The van der Waals surface area contributed by atoms with Crippen molar-refractivity contribution in [3.63, 3.8) is 0 Å². The number of carbonyl (C=O) groups excluding carboxylic acids is 1. The van der Waals surface area contributed by atoms with Gasteiger partial charge in [-0.25, -0.2) is 4.39 Å². The number of hydrogen-bond donors (Lipinski definition) is 1. The molecule has 0 atom stereocenters.